The molecule has 27 heavy (non-hydrogen) atoms. The van der Waals surface area contributed by atoms with Gasteiger partial charge in [0.1, 0.15) is 17.9 Å². The van der Waals surface area contributed by atoms with Crippen molar-refractivity contribution in [1.82, 2.24) is 10.2 Å². The molecule has 0 aliphatic rings. The van der Waals surface area contributed by atoms with Crippen molar-refractivity contribution < 1.29 is 23.5 Å². The summed E-state index contributed by atoms with van der Waals surface area (Å²) in [5.41, 5.74) is 0.0445. The maximum atomic E-state index is 12.3. The predicted octanol–water partition coefficient (Wildman–Crippen LogP) is 3.88. The minimum Gasteiger partial charge on any atom is -0.490 e. The molecule has 7 heteroatoms. The van der Waals surface area contributed by atoms with Crippen LogP contribution in [0, 0.1) is 0 Å². The number of rotatable bonds is 6. The van der Waals surface area contributed by atoms with Crippen molar-refractivity contribution in [3.63, 3.8) is 0 Å². The van der Waals surface area contributed by atoms with Crippen LogP contribution in [0.2, 0.25) is 0 Å². The molecule has 0 radical (unpaired) electrons. The number of likely N-dealkylation sites (N-methyl/N-ethyl adjacent to an activating group) is 1. The van der Waals surface area contributed by atoms with Crippen molar-refractivity contribution in [2.75, 3.05) is 20.2 Å². The van der Waals surface area contributed by atoms with Crippen LogP contribution < -0.4 is 10.1 Å². The highest BCUT2D eigenvalue weighted by molar-refractivity contribution is 5.85. The minimum atomic E-state index is -0.609. The number of nitrogens with zero attached hydrogens (tertiary/aromatic N) is 1. The topological polar surface area (TPSA) is 81.0 Å². The number of amides is 2. The Kier molecular flexibility index (Phi) is 6.36. The predicted molar refractivity (Wildman–Crippen MR) is 103 cm³/mol. The van der Waals surface area contributed by atoms with Crippen molar-refractivity contribution in [3.8, 4) is 5.75 Å². The summed E-state index contributed by atoms with van der Waals surface area (Å²) < 4.78 is 16.7. The molecule has 1 N–H and O–H groups in total. The first-order valence-corrected chi connectivity index (χ1v) is 8.99. The number of carbonyl (C=O) groups is 2. The first-order chi connectivity index (χ1) is 12.6. The molecule has 0 saturated heterocycles. The van der Waals surface area contributed by atoms with Gasteiger partial charge in [0.05, 0.1) is 12.6 Å². The maximum Gasteiger partial charge on any atom is 0.410 e. The molecular weight excluding hydrogens is 348 g/mol. The Morgan fingerprint density at radius 3 is 2.63 bits per heavy atom. The van der Waals surface area contributed by atoms with E-state index in [9.17, 15) is 9.59 Å². The largest absolute Gasteiger partial charge is 0.490 e. The lowest BCUT2D eigenvalue weighted by Gasteiger charge is -2.24. The number of benzene rings is 1. The van der Waals surface area contributed by atoms with Gasteiger partial charge in [-0.25, -0.2) is 4.79 Å². The monoisotopic (exact) mass is 376 g/mol. The van der Waals surface area contributed by atoms with Crippen LogP contribution in [0.25, 0.3) is 11.0 Å². The lowest BCUT2D eigenvalue weighted by Crippen LogP contribution is -2.41. The zero-order chi connectivity index (χ0) is 20.2. The molecule has 0 aliphatic carbocycles. The van der Waals surface area contributed by atoms with Gasteiger partial charge in [0.15, 0.2) is 11.3 Å². The molecule has 0 fully saturated rings. The number of furan rings is 1. The number of ether oxygens (including phenoxy) is 2. The summed E-state index contributed by atoms with van der Waals surface area (Å²) in [5.74, 6) is 0.983. The Hall–Kier alpha value is -2.70. The minimum absolute atomic E-state index is 0.107. The first-order valence-electron chi connectivity index (χ1n) is 8.99. The third-order valence-electron chi connectivity index (χ3n) is 3.72. The molecule has 1 atom stereocenters. The van der Waals surface area contributed by atoms with Crippen LogP contribution in [0.5, 0.6) is 5.75 Å². The summed E-state index contributed by atoms with van der Waals surface area (Å²) in [7, 11) is 1.52. The van der Waals surface area contributed by atoms with E-state index in [-0.39, 0.29) is 18.5 Å². The first kappa shape index (κ1) is 20.6. The van der Waals surface area contributed by atoms with Crippen LogP contribution in [-0.4, -0.2) is 42.7 Å². The number of hydrogen-bond donors (Lipinski definition) is 1. The molecule has 0 bridgehead atoms. The van der Waals surface area contributed by atoms with E-state index in [4.69, 9.17) is 13.9 Å². The molecule has 148 valence electrons. The average Bonchev–Trinajstić information content (AvgIpc) is 2.98. The van der Waals surface area contributed by atoms with E-state index in [1.807, 2.05) is 38.1 Å². The summed E-state index contributed by atoms with van der Waals surface area (Å²) >= 11 is 0. The van der Waals surface area contributed by atoms with Gasteiger partial charge in [-0.05, 0) is 46.8 Å². The van der Waals surface area contributed by atoms with Gasteiger partial charge in [0.25, 0.3) is 0 Å². The molecule has 0 aliphatic heterocycles. The van der Waals surface area contributed by atoms with Gasteiger partial charge in [-0.2, -0.15) is 0 Å². The van der Waals surface area contributed by atoms with Crippen LogP contribution >= 0.6 is 0 Å². The van der Waals surface area contributed by atoms with Crippen LogP contribution in [0.4, 0.5) is 4.79 Å². The third-order valence-corrected chi connectivity index (χ3v) is 3.72. The molecule has 0 spiro atoms. The molecule has 1 unspecified atom stereocenters. The van der Waals surface area contributed by atoms with Crippen molar-refractivity contribution in [3.05, 3.63) is 30.0 Å². The van der Waals surface area contributed by atoms with Gasteiger partial charge in [-0.15, -0.1) is 0 Å². The number of fused-ring (bicyclic) bond motifs is 1. The summed E-state index contributed by atoms with van der Waals surface area (Å²) in [6, 6.07) is 7.19. The number of para-hydroxylation sites is 1. The van der Waals surface area contributed by atoms with Gasteiger partial charge >= 0.3 is 6.09 Å². The Morgan fingerprint density at radius 1 is 1.30 bits per heavy atom. The van der Waals surface area contributed by atoms with Crippen molar-refractivity contribution in [2.24, 2.45) is 0 Å². The molecule has 2 aromatic rings. The second-order valence-corrected chi connectivity index (χ2v) is 7.38. The molecule has 0 saturated carbocycles. The second kappa shape index (κ2) is 8.33. The van der Waals surface area contributed by atoms with Gasteiger partial charge in [-0.1, -0.05) is 12.1 Å². The molecule has 7 nitrogen and oxygen atoms in total. The highest BCUT2D eigenvalue weighted by Gasteiger charge is 2.22. The highest BCUT2D eigenvalue weighted by Crippen LogP contribution is 2.31. The van der Waals surface area contributed by atoms with E-state index in [1.54, 1.807) is 20.8 Å². The fourth-order valence-corrected chi connectivity index (χ4v) is 2.52. The quantitative estimate of drug-likeness (QED) is 0.827. The molecule has 2 amide bonds. The molecule has 2 rings (SSSR count). The van der Waals surface area contributed by atoms with Crippen molar-refractivity contribution >= 4 is 23.0 Å². The summed E-state index contributed by atoms with van der Waals surface area (Å²) in [6.07, 6.45) is -0.546. The van der Waals surface area contributed by atoms with Gasteiger partial charge < -0.3 is 24.1 Å². The molecule has 1 heterocycles. The fourth-order valence-electron chi connectivity index (χ4n) is 2.52. The van der Waals surface area contributed by atoms with Crippen LogP contribution in [0.1, 0.15) is 46.4 Å². The Labute approximate surface area is 159 Å². The van der Waals surface area contributed by atoms with Crippen molar-refractivity contribution in [1.29, 1.82) is 0 Å². The summed E-state index contributed by atoms with van der Waals surface area (Å²) in [4.78, 5) is 25.5. The van der Waals surface area contributed by atoms with Gasteiger partial charge in [-0.3, -0.25) is 4.79 Å². The smallest absolute Gasteiger partial charge is 0.410 e. The zero-order valence-electron chi connectivity index (χ0n) is 16.8. The van der Waals surface area contributed by atoms with E-state index in [0.717, 1.165) is 5.39 Å². The van der Waals surface area contributed by atoms with Gasteiger partial charge in [0, 0.05) is 12.4 Å². The Balaban J connectivity index is 2.01. The maximum absolute atomic E-state index is 12.3. The van der Waals surface area contributed by atoms with Gasteiger partial charge in [0.2, 0.25) is 5.91 Å². The Bertz CT molecular complexity index is 806. The van der Waals surface area contributed by atoms with E-state index in [2.05, 4.69) is 5.32 Å². The van der Waals surface area contributed by atoms with E-state index >= 15 is 0 Å². The van der Waals surface area contributed by atoms with Crippen LogP contribution in [-0.2, 0) is 9.53 Å². The fraction of sp³-hybridized carbons (Fsp3) is 0.500. The van der Waals surface area contributed by atoms with E-state index < -0.39 is 11.7 Å². The Morgan fingerprint density at radius 2 is 2.00 bits per heavy atom. The van der Waals surface area contributed by atoms with Crippen LogP contribution in [0.15, 0.2) is 28.7 Å². The number of nitrogens with one attached hydrogen (secondary N) is 1. The second-order valence-electron chi connectivity index (χ2n) is 7.38. The number of hydrogen-bond acceptors (Lipinski definition) is 5. The third kappa shape index (κ3) is 5.64. The lowest BCUT2D eigenvalue weighted by molar-refractivity contribution is -0.122. The normalized spacial score (nSPS) is 12.5. The zero-order valence-corrected chi connectivity index (χ0v) is 16.8. The standard InChI is InChI=1S/C20H28N2O5/c1-7-25-15-10-8-9-14-11-16(26-18(14)15)13(2)21-17(23)12-22(6)19(24)27-20(3,4)5/h8-11,13H,7,12H2,1-6H3,(H,21,23). The molecule has 1 aromatic carbocycles. The van der Waals surface area contributed by atoms with E-state index in [0.29, 0.717) is 23.7 Å². The average molecular weight is 376 g/mol. The highest BCUT2D eigenvalue weighted by atomic mass is 16.6. The van der Waals surface area contributed by atoms with E-state index in [1.165, 1.54) is 11.9 Å². The lowest BCUT2D eigenvalue weighted by atomic mass is 10.2. The molecular formula is C20H28N2O5. The molecule has 1 aromatic heterocycles. The SMILES string of the molecule is CCOc1cccc2cc(C(C)NC(=O)CN(C)C(=O)OC(C)(C)C)oc12. The van der Waals surface area contributed by atoms with Crippen LogP contribution in [0.3, 0.4) is 0 Å². The summed E-state index contributed by atoms with van der Waals surface area (Å²) in [5, 5.41) is 3.74. The van der Waals surface area contributed by atoms with Crippen molar-refractivity contribution in [2.45, 2.75) is 46.3 Å². The summed E-state index contributed by atoms with van der Waals surface area (Å²) in [6.45, 7) is 9.50. The number of carbonyl (C=O) groups excluding carboxylic acids is 2.